The Morgan fingerprint density at radius 3 is 2.48 bits per heavy atom. The Morgan fingerprint density at radius 2 is 1.95 bits per heavy atom. The Morgan fingerprint density at radius 1 is 1.29 bits per heavy atom. The number of pyridine rings is 1. The molecule has 2 heterocycles. The Balaban J connectivity index is 1.77. The molecular formula is C14H16F4N2O. The summed E-state index contributed by atoms with van der Waals surface area (Å²) in [6.07, 6.45) is -2.82. The van der Waals surface area contributed by atoms with Crippen molar-refractivity contribution < 1.29 is 22.4 Å². The quantitative estimate of drug-likeness (QED) is 0.633. The third-order valence-electron chi connectivity index (χ3n) is 3.72. The maximum atomic E-state index is 12.7. The van der Waals surface area contributed by atoms with E-state index < -0.39 is 17.9 Å². The molecule has 7 heteroatoms. The van der Waals surface area contributed by atoms with Gasteiger partial charge in [-0.3, -0.25) is 9.78 Å². The number of hydrogen-bond donors (Lipinski definition) is 0. The second-order valence-corrected chi connectivity index (χ2v) is 5.19. The molecule has 1 aliphatic heterocycles. The summed E-state index contributed by atoms with van der Waals surface area (Å²) >= 11 is 0. The molecule has 0 atom stereocenters. The Hall–Kier alpha value is -1.50. The van der Waals surface area contributed by atoms with Crippen LogP contribution in [0.5, 0.6) is 0 Å². The number of Topliss-reactive ketones (excluding diaryl/α,β-unsaturated/α-hetero) is 1. The molecular weight excluding hydrogens is 288 g/mol. The zero-order valence-electron chi connectivity index (χ0n) is 11.4. The molecule has 0 spiro atoms. The predicted molar refractivity (Wildman–Crippen MR) is 68.4 cm³/mol. The fourth-order valence-electron chi connectivity index (χ4n) is 2.41. The van der Waals surface area contributed by atoms with Gasteiger partial charge in [-0.05, 0) is 38.1 Å². The first kappa shape index (κ1) is 15.9. The zero-order chi connectivity index (χ0) is 15.5. The standard InChI is InChI=1S/C14H16F4N2O/c15-11-1-2-12(19-9-11)13(21)5-8-20-6-3-10(4-7-20)14(16,17)18/h1-2,9-10H,3-8H2. The third-order valence-corrected chi connectivity index (χ3v) is 3.72. The number of rotatable bonds is 4. The van der Waals surface area contributed by atoms with Crippen molar-refractivity contribution in [2.75, 3.05) is 19.6 Å². The maximum absolute atomic E-state index is 12.7. The van der Waals surface area contributed by atoms with Crippen molar-refractivity contribution in [3.63, 3.8) is 0 Å². The molecule has 3 nitrogen and oxygen atoms in total. The summed E-state index contributed by atoms with van der Waals surface area (Å²) < 4.78 is 50.3. The van der Waals surface area contributed by atoms with Gasteiger partial charge in [0, 0.05) is 13.0 Å². The number of nitrogens with zero attached hydrogens (tertiary/aromatic N) is 2. The highest BCUT2D eigenvalue weighted by atomic mass is 19.4. The van der Waals surface area contributed by atoms with Crippen molar-refractivity contribution >= 4 is 5.78 Å². The van der Waals surface area contributed by atoms with Crippen LogP contribution < -0.4 is 0 Å². The van der Waals surface area contributed by atoms with Crippen LogP contribution in [0.3, 0.4) is 0 Å². The van der Waals surface area contributed by atoms with Gasteiger partial charge in [-0.25, -0.2) is 4.39 Å². The van der Waals surface area contributed by atoms with Crippen molar-refractivity contribution in [3.05, 3.63) is 29.8 Å². The number of hydrogen-bond acceptors (Lipinski definition) is 3. The molecule has 0 radical (unpaired) electrons. The molecule has 0 aromatic carbocycles. The first-order valence-electron chi connectivity index (χ1n) is 6.80. The van der Waals surface area contributed by atoms with Gasteiger partial charge in [0.1, 0.15) is 11.5 Å². The Labute approximate surface area is 120 Å². The minimum absolute atomic E-state index is 0.0759. The maximum Gasteiger partial charge on any atom is 0.391 e. The minimum atomic E-state index is -4.13. The van der Waals surface area contributed by atoms with Crippen LogP contribution in [0, 0.1) is 11.7 Å². The molecule has 0 bridgehead atoms. The second-order valence-electron chi connectivity index (χ2n) is 5.19. The van der Waals surface area contributed by atoms with Crippen molar-refractivity contribution in [2.45, 2.75) is 25.4 Å². The van der Waals surface area contributed by atoms with E-state index in [4.69, 9.17) is 0 Å². The number of aromatic nitrogens is 1. The number of carbonyl (C=O) groups excluding carboxylic acids is 1. The first-order valence-corrected chi connectivity index (χ1v) is 6.80. The average molecular weight is 304 g/mol. The fourth-order valence-corrected chi connectivity index (χ4v) is 2.41. The molecule has 116 valence electrons. The van der Waals surface area contributed by atoms with Crippen molar-refractivity contribution in [1.29, 1.82) is 0 Å². The molecule has 0 amide bonds. The monoisotopic (exact) mass is 304 g/mol. The molecule has 1 aliphatic rings. The van der Waals surface area contributed by atoms with Gasteiger partial charge in [0.25, 0.3) is 0 Å². The summed E-state index contributed by atoms with van der Waals surface area (Å²) in [5.41, 5.74) is 0.182. The summed E-state index contributed by atoms with van der Waals surface area (Å²) in [6, 6.07) is 2.47. The Bertz CT molecular complexity index is 479. The van der Waals surface area contributed by atoms with Gasteiger partial charge < -0.3 is 4.90 Å². The van der Waals surface area contributed by atoms with Crippen LogP contribution >= 0.6 is 0 Å². The van der Waals surface area contributed by atoms with Crippen LogP contribution in [-0.4, -0.2) is 41.5 Å². The molecule has 1 fully saturated rings. The van der Waals surface area contributed by atoms with E-state index in [2.05, 4.69) is 4.98 Å². The van der Waals surface area contributed by atoms with Gasteiger partial charge in [-0.2, -0.15) is 13.2 Å². The van der Waals surface area contributed by atoms with E-state index in [-0.39, 0.29) is 30.7 Å². The van der Waals surface area contributed by atoms with Gasteiger partial charge in [0.15, 0.2) is 5.78 Å². The predicted octanol–water partition coefficient (Wildman–Crippen LogP) is 3.07. The Kier molecular flexibility index (Phi) is 4.92. The molecule has 2 rings (SSSR count). The van der Waals surface area contributed by atoms with E-state index in [1.807, 2.05) is 4.90 Å². The van der Waals surface area contributed by atoms with E-state index in [1.54, 1.807) is 0 Å². The van der Waals surface area contributed by atoms with Crippen LogP contribution in [-0.2, 0) is 0 Å². The summed E-state index contributed by atoms with van der Waals surface area (Å²) in [6.45, 7) is 1.09. The lowest BCUT2D eigenvalue weighted by atomic mass is 9.96. The molecule has 21 heavy (non-hydrogen) atoms. The molecule has 0 saturated carbocycles. The molecule has 1 aromatic heterocycles. The lowest BCUT2D eigenvalue weighted by Crippen LogP contribution is -2.39. The number of ketones is 1. The highest BCUT2D eigenvalue weighted by Crippen LogP contribution is 2.34. The van der Waals surface area contributed by atoms with E-state index >= 15 is 0 Å². The molecule has 0 unspecified atom stereocenters. The van der Waals surface area contributed by atoms with E-state index in [0.717, 1.165) is 12.3 Å². The molecule has 1 aromatic rings. The summed E-state index contributed by atoms with van der Waals surface area (Å²) in [5.74, 6) is -1.98. The van der Waals surface area contributed by atoms with Crippen LogP contribution in [0.1, 0.15) is 29.8 Å². The third kappa shape index (κ3) is 4.49. The van der Waals surface area contributed by atoms with E-state index in [0.29, 0.717) is 19.6 Å². The average Bonchev–Trinajstić information content (AvgIpc) is 2.45. The summed E-state index contributed by atoms with van der Waals surface area (Å²) in [5, 5.41) is 0. The largest absolute Gasteiger partial charge is 0.391 e. The summed E-state index contributed by atoms with van der Waals surface area (Å²) in [7, 11) is 0. The van der Waals surface area contributed by atoms with Crippen LogP contribution in [0.4, 0.5) is 17.6 Å². The van der Waals surface area contributed by atoms with Crippen LogP contribution in [0.15, 0.2) is 18.3 Å². The van der Waals surface area contributed by atoms with Gasteiger partial charge in [0.05, 0.1) is 12.1 Å². The lowest BCUT2D eigenvalue weighted by molar-refractivity contribution is -0.185. The van der Waals surface area contributed by atoms with Crippen LogP contribution in [0.25, 0.3) is 0 Å². The van der Waals surface area contributed by atoms with E-state index in [1.165, 1.54) is 6.07 Å². The van der Waals surface area contributed by atoms with Gasteiger partial charge in [0.2, 0.25) is 0 Å². The van der Waals surface area contributed by atoms with Gasteiger partial charge >= 0.3 is 6.18 Å². The van der Waals surface area contributed by atoms with Gasteiger partial charge in [-0.1, -0.05) is 0 Å². The van der Waals surface area contributed by atoms with E-state index in [9.17, 15) is 22.4 Å². The second kappa shape index (κ2) is 6.51. The number of halogens is 4. The number of likely N-dealkylation sites (tertiary alicyclic amines) is 1. The normalized spacial score (nSPS) is 17.9. The fraction of sp³-hybridized carbons (Fsp3) is 0.571. The molecule has 0 aliphatic carbocycles. The van der Waals surface area contributed by atoms with Crippen molar-refractivity contribution in [2.24, 2.45) is 5.92 Å². The highest BCUT2D eigenvalue weighted by Gasteiger charge is 2.40. The van der Waals surface area contributed by atoms with Crippen molar-refractivity contribution in [3.8, 4) is 0 Å². The molecule has 0 N–H and O–H groups in total. The smallest absolute Gasteiger partial charge is 0.303 e. The number of piperidine rings is 1. The molecule has 1 saturated heterocycles. The number of alkyl halides is 3. The number of carbonyl (C=O) groups is 1. The topological polar surface area (TPSA) is 33.2 Å². The first-order chi connectivity index (χ1) is 9.86. The lowest BCUT2D eigenvalue weighted by Gasteiger charge is -2.32. The highest BCUT2D eigenvalue weighted by molar-refractivity contribution is 5.94. The van der Waals surface area contributed by atoms with Crippen molar-refractivity contribution in [1.82, 2.24) is 9.88 Å². The van der Waals surface area contributed by atoms with Crippen LogP contribution in [0.2, 0.25) is 0 Å². The van der Waals surface area contributed by atoms with Gasteiger partial charge in [-0.15, -0.1) is 0 Å². The zero-order valence-corrected chi connectivity index (χ0v) is 11.4. The SMILES string of the molecule is O=C(CCN1CCC(C(F)(F)F)CC1)c1ccc(F)cn1. The summed E-state index contributed by atoms with van der Waals surface area (Å²) in [4.78, 5) is 17.4. The minimum Gasteiger partial charge on any atom is -0.303 e.